The summed E-state index contributed by atoms with van der Waals surface area (Å²) in [4.78, 5) is 6.78. The maximum absolute atomic E-state index is 4.40. The molecule has 1 unspecified atom stereocenters. The van der Waals surface area contributed by atoms with E-state index in [1.54, 1.807) is 0 Å². The molecular formula is C15H30N4. The lowest BCUT2D eigenvalue weighted by atomic mass is 9.85. The molecule has 0 amide bonds. The van der Waals surface area contributed by atoms with Gasteiger partial charge in [-0.1, -0.05) is 27.2 Å². The highest BCUT2D eigenvalue weighted by Crippen LogP contribution is 2.24. The predicted octanol–water partition coefficient (Wildman–Crippen LogP) is 2.27. The summed E-state index contributed by atoms with van der Waals surface area (Å²) in [5, 5.41) is 3.50. The van der Waals surface area contributed by atoms with Gasteiger partial charge in [0, 0.05) is 32.5 Å². The second-order valence-electron chi connectivity index (χ2n) is 5.97. The van der Waals surface area contributed by atoms with Crippen molar-refractivity contribution < 1.29 is 0 Å². The van der Waals surface area contributed by atoms with Crippen molar-refractivity contribution in [2.24, 2.45) is 12.5 Å². The number of nitrogens with one attached hydrogen (secondary N) is 1. The predicted molar refractivity (Wildman–Crippen MR) is 81.1 cm³/mol. The molecule has 1 aromatic heterocycles. The molecule has 4 nitrogen and oxygen atoms in total. The fourth-order valence-corrected chi connectivity index (χ4v) is 2.75. The van der Waals surface area contributed by atoms with E-state index < -0.39 is 0 Å². The Hall–Kier alpha value is -0.870. The zero-order valence-corrected chi connectivity index (χ0v) is 13.2. The third-order valence-electron chi connectivity index (χ3n) is 3.64. The molecule has 0 aromatic carbocycles. The first-order chi connectivity index (χ1) is 9.00. The molecule has 4 heteroatoms. The van der Waals surface area contributed by atoms with Crippen LogP contribution in [0.1, 0.15) is 39.4 Å². The van der Waals surface area contributed by atoms with E-state index in [4.69, 9.17) is 0 Å². The van der Waals surface area contributed by atoms with Gasteiger partial charge in [-0.05, 0) is 25.4 Å². The molecule has 0 bridgehead atoms. The van der Waals surface area contributed by atoms with Crippen LogP contribution in [0.15, 0.2) is 12.4 Å². The van der Waals surface area contributed by atoms with Crippen LogP contribution < -0.4 is 5.32 Å². The second-order valence-corrected chi connectivity index (χ2v) is 5.97. The fourth-order valence-electron chi connectivity index (χ4n) is 2.75. The molecule has 1 N–H and O–H groups in total. The molecule has 1 heterocycles. The maximum atomic E-state index is 4.40. The van der Waals surface area contributed by atoms with Gasteiger partial charge in [0.25, 0.3) is 0 Å². The van der Waals surface area contributed by atoms with Crippen LogP contribution in [0.5, 0.6) is 0 Å². The van der Waals surface area contributed by atoms with Gasteiger partial charge in [-0.15, -0.1) is 0 Å². The molecule has 0 aliphatic heterocycles. The van der Waals surface area contributed by atoms with Gasteiger partial charge in [0.15, 0.2) is 0 Å². The van der Waals surface area contributed by atoms with Crippen LogP contribution in [-0.2, 0) is 13.6 Å². The van der Waals surface area contributed by atoms with E-state index in [0.717, 1.165) is 32.0 Å². The topological polar surface area (TPSA) is 33.1 Å². The normalized spacial score (nSPS) is 14.8. The van der Waals surface area contributed by atoms with Crippen molar-refractivity contribution in [3.63, 3.8) is 0 Å². The first-order valence-corrected chi connectivity index (χ1v) is 7.36. The highest BCUT2D eigenvalue weighted by Gasteiger charge is 2.25. The van der Waals surface area contributed by atoms with Crippen molar-refractivity contribution in [1.82, 2.24) is 19.8 Å². The van der Waals surface area contributed by atoms with Crippen molar-refractivity contribution in [3.8, 4) is 0 Å². The van der Waals surface area contributed by atoms with Crippen LogP contribution in [0.4, 0.5) is 0 Å². The monoisotopic (exact) mass is 266 g/mol. The standard InChI is InChI=1S/C15H30N4/c1-6-8-15(3,12-16-7-2)13-18(4)11-14-17-9-10-19(14)5/h9-10,16H,6-8,11-13H2,1-5H3. The van der Waals surface area contributed by atoms with Crippen molar-refractivity contribution in [2.45, 2.75) is 40.2 Å². The molecular weight excluding hydrogens is 236 g/mol. The van der Waals surface area contributed by atoms with Gasteiger partial charge in [0.2, 0.25) is 0 Å². The minimum atomic E-state index is 0.338. The zero-order chi connectivity index (χ0) is 14.3. The van der Waals surface area contributed by atoms with Crippen molar-refractivity contribution in [3.05, 3.63) is 18.2 Å². The van der Waals surface area contributed by atoms with Gasteiger partial charge in [0.05, 0.1) is 6.54 Å². The lowest BCUT2D eigenvalue weighted by molar-refractivity contribution is 0.166. The van der Waals surface area contributed by atoms with Gasteiger partial charge >= 0.3 is 0 Å². The molecule has 0 aliphatic carbocycles. The Bertz CT molecular complexity index is 361. The minimum Gasteiger partial charge on any atom is -0.337 e. The average molecular weight is 266 g/mol. The Morgan fingerprint density at radius 1 is 1.42 bits per heavy atom. The molecule has 0 fully saturated rings. The van der Waals surface area contributed by atoms with E-state index in [2.05, 4.69) is 54.6 Å². The molecule has 0 spiro atoms. The number of imidazole rings is 1. The van der Waals surface area contributed by atoms with E-state index in [-0.39, 0.29) is 0 Å². The zero-order valence-electron chi connectivity index (χ0n) is 13.2. The summed E-state index contributed by atoms with van der Waals surface area (Å²) >= 11 is 0. The Kier molecular flexibility index (Phi) is 6.52. The van der Waals surface area contributed by atoms with Crippen molar-refractivity contribution in [1.29, 1.82) is 0 Å². The highest BCUT2D eigenvalue weighted by atomic mass is 15.2. The molecule has 110 valence electrons. The number of rotatable bonds is 9. The van der Waals surface area contributed by atoms with E-state index in [1.807, 2.05) is 12.4 Å². The fraction of sp³-hybridized carbons (Fsp3) is 0.800. The van der Waals surface area contributed by atoms with Crippen molar-refractivity contribution >= 4 is 0 Å². The maximum Gasteiger partial charge on any atom is 0.122 e. The van der Waals surface area contributed by atoms with Gasteiger partial charge in [-0.25, -0.2) is 4.98 Å². The highest BCUT2D eigenvalue weighted by molar-refractivity contribution is 4.91. The largest absolute Gasteiger partial charge is 0.337 e. The molecule has 0 saturated carbocycles. The molecule has 19 heavy (non-hydrogen) atoms. The Morgan fingerprint density at radius 3 is 2.68 bits per heavy atom. The molecule has 1 aromatic rings. The van der Waals surface area contributed by atoms with Crippen LogP contribution in [-0.4, -0.2) is 41.1 Å². The summed E-state index contributed by atoms with van der Waals surface area (Å²) in [5.41, 5.74) is 0.338. The van der Waals surface area contributed by atoms with E-state index in [1.165, 1.54) is 12.8 Å². The summed E-state index contributed by atoms with van der Waals surface area (Å²) in [7, 11) is 4.24. The lowest BCUT2D eigenvalue weighted by Gasteiger charge is -2.34. The summed E-state index contributed by atoms with van der Waals surface area (Å²) < 4.78 is 2.10. The number of aromatic nitrogens is 2. The average Bonchev–Trinajstić information content (AvgIpc) is 2.72. The molecule has 1 atom stereocenters. The van der Waals surface area contributed by atoms with E-state index in [0.29, 0.717) is 5.41 Å². The van der Waals surface area contributed by atoms with Gasteiger partial charge in [0.1, 0.15) is 5.82 Å². The number of hydrogen-bond acceptors (Lipinski definition) is 3. The first kappa shape index (κ1) is 16.2. The van der Waals surface area contributed by atoms with Crippen LogP contribution in [0.3, 0.4) is 0 Å². The third-order valence-corrected chi connectivity index (χ3v) is 3.64. The lowest BCUT2D eigenvalue weighted by Crippen LogP contribution is -2.41. The molecule has 0 aliphatic rings. The Labute approximate surface area is 118 Å². The molecule has 0 saturated heterocycles. The van der Waals surface area contributed by atoms with Gasteiger partial charge in [-0.3, -0.25) is 4.90 Å². The smallest absolute Gasteiger partial charge is 0.122 e. The van der Waals surface area contributed by atoms with Crippen LogP contribution in [0.2, 0.25) is 0 Å². The Morgan fingerprint density at radius 2 is 2.16 bits per heavy atom. The summed E-state index contributed by atoms with van der Waals surface area (Å²) in [5.74, 6) is 1.13. The van der Waals surface area contributed by atoms with Gasteiger partial charge < -0.3 is 9.88 Å². The van der Waals surface area contributed by atoms with Crippen LogP contribution >= 0.6 is 0 Å². The number of nitrogens with zero attached hydrogens (tertiary/aromatic N) is 3. The van der Waals surface area contributed by atoms with Gasteiger partial charge in [-0.2, -0.15) is 0 Å². The minimum absolute atomic E-state index is 0.338. The third kappa shape index (κ3) is 5.33. The molecule has 0 radical (unpaired) electrons. The van der Waals surface area contributed by atoms with E-state index in [9.17, 15) is 0 Å². The quantitative estimate of drug-likeness (QED) is 0.744. The summed E-state index contributed by atoms with van der Waals surface area (Å²) in [6, 6.07) is 0. The van der Waals surface area contributed by atoms with Crippen LogP contribution in [0.25, 0.3) is 0 Å². The number of aryl methyl sites for hydroxylation is 1. The molecule has 1 rings (SSSR count). The van der Waals surface area contributed by atoms with Crippen molar-refractivity contribution in [2.75, 3.05) is 26.7 Å². The summed E-state index contributed by atoms with van der Waals surface area (Å²) in [6.07, 6.45) is 6.36. The number of hydrogen-bond donors (Lipinski definition) is 1. The SMILES string of the molecule is CCCC(C)(CNCC)CN(C)Cc1nccn1C. The van der Waals surface area contributed by atoms with Crippen LogP contribution in [0, 0.1) is 5.41 Å². The van der Waals surface area contributed by atoms with E-state index >= 15 is 0 Å². The second kappa shape index (κ2) is 7.65. The first-order valence-electron chi connectivity index (χ1n) is 7.36. The Balaban J connectivity index is 2.55. The summed E-state index contributed by atoms with van der Waals surface area (Å²) in [6.45, 7) is 11.0.